The van der Waals surface area contributed by atoms with Gasteiger partial charge in [-0.15, -0.1) is 0 Å². The molecule has 0 amide bonds. The predicted octanol–water partition coefficient (Wildman–Crippen LogP) is 9.98. The average Bonchev–Trinajstić information content (AvgIpc) is 3.98. The molecule has 3 aromatic heterocycles. The Morgan fingerprint density at radius 1 is 0.309 bits per heavy atom. The predicted molar refractivity (Wildman–Crippen MR) is 223 cm³/mol. The molecule has 0 spiro atoms. The summed E-state index contributed by atoms with van der Waals surface area (Å²) in [4.78, 5) is 0. The normalized spacial score (nSPS) is 11.1. The Bertz CT molecular complexity index is 2310. The molecule has 55 heavy (non-hydrogen) atoms. The van der Waals surface area contributed by atoms with Crippen molar-refractivity contribution in [2.75, 3.05) is 0 Å². The summed E-state index contributed by atoms with van der Waals surface area (Å²) >= 11 is 0. The van der Waals surface area contributed by atoms with Crippen molar-refractivity contribution in [3.05, 3.63) is 234 Å². The number of nitrogens with zero attached hydrogens (tertiary/aromatic N) is 6. The fourth-order valence-corrected chi connectivity index (χ4v) is 7.34. The van der Waals surface area contributed by atoms with E-state index in [2.05, 4.69) is 201 Å². The number of rotatable bonds is 12. The van der Waals surface area contributed by atoms with Crippen molar-refractivity contribution in [2.24, 2.45) is 0 Å². The van der Waals surface area contributed by atoms with Gasteiger partial charge in [-0.1, -0.05) is 182 Å². The van der Waals surface area contributed by atoms with Gasteiger partial charge >= 0.3 is 7.12 Å². The second kappa shape index (κ2) is 15.5. The summed E-state index contributed by atoms with van der Waals surface area (Å²) in [6.45, 7) is 0. The molecular formula is C48H39BN6. The lowest BCUT2D eigenvalue weighted by molar-refractivity contribution is 0.750. The third kappa shape index (κ3) is 7.46. The van der Waals surface area contributed by atoms with Crippen molar-refractivity contribution in [1.82, 2.24) is 29.1 Å². The van der Waals surface area contributed by atoms with Crippen LogP contribution in [-0.2, 0) is 19.3 Å². The number of hydrogen-bond donors (Lipinski definition) is 0. The third-order valence-corrected chi connectivity index (χ3v) is 10.0. The van der Waals surface area contributed by atoms with Crippen molar-refractivity contribution < 1.29 is 0 Å². The van der Waals surface area contributed by atoms with E-state index in [-0.39, 0.29) is 0 Å². The molecule has 0 fully saturated rings. The molecule has 7 heteroatoms. The first-order chi connectivity index (χ1) is 27.2. The van der Waals surface area contributed by atoms with E-state index in [9.17, 15) is 0 Å². The zero-order chi connectivity index (χ0) is 36.8. The van der Waals surface area contributed by atoms with Gasteiger partial charge in [0, 0.05) is 54.5 Å². The van der Waals surface area contributed by atoms with E-state index in [0.717, 1.165) is 50.5 Å². The highest BCUT2D eigenvalue weighted by Crippen LogP contribution is 2.30. The summed E-state index contributed by atoms with van der Waals surface area (Å²) in [5.41, 5.74) is 13.1. The van der Waals surface area contributed by atoms with Gasteiger partial charge in [0.25, 0.3) is 0 Å². The van der Waals surface area contributed by atoms with Gasteiger partial charge in [0.1, 0.15) is 0 Å². The number of aromatic nitrogens is 6. The van der Waals surface area contributed by atoms with Crippen molar-refractivity contribution in [2.45, 2.75) is 19.3 Å². The van der Waals surface area contributed by atoms with Crippen LogP contribution >= 0.6 is 0 Å². The fourth-order valence-electron chi connectivity index (χ4n) is 7.34. The highest BCUT2D eigenvalue weighted by molar-refractivity contribution is 6.52. The smallest absolute Gasteiger partial charge is 0.268 e. The molecule has 0 aliphatic rings. The molecule has 0 atom stereocenters. The van der Waals surface area contributed by atoms with E-state index in [1.54, 1.807) is 0 Å². The van der Waals surface area contributed by atoms with Gasteiger partial charge in [-0.25, -0.2) is 0 Å². The van der Waals surface area contributed by atoms with E-state index in [0.29, 0.717) is 19.3 Å². The maximum Gasteiger partial charge on any atom is 0.568 e. The molecule has 0 saturated carbocycles. The molecule has 0 N–H and O–H groups in total. The minimum atomic E-state index is -0.550. The minimum Gasteiger partial charge on any atom is -0.268 e. The van der Waals surface area contributed by atoms with Gasteiger partial charge < -0.3 is 0 Å². The summed E-state index contributed by atoms with van der Waals surface area (Å²) in [5.74, 6) is 0. The van der Waals surface area contributed by atoms with E-state index in [1.165, 1.54) is 16.7 Å². The molecule has 9 rings (SSSR count). The van der Waals surface area contributed by atoms with Crippen LogP contribution in [0.2, 0.25) is 0 Å². The molecule has 9 aromatic rings. The molecule has 0 radical (unpaired) electrons. The Labute approximate surface area is 322 Å². The van der Waals surface area contributed by atoms with Crippen LogP contribution in [-0.4, -0.2) is 36.2 Å². The topological polar surface area (TPSA) is 53.5 Å². The Balaban J connectivity index is 1.25. The van der Waals surface area contributed by atoms with E-state index in [1.807, 2.05) is 13.8 Å². The molecule has 6 aromatic carbocycles. The molecular weight excluding hydrogens is 671 g/mol. The Hall–Kier alpha value is -6.99. The highest BCUT2D eigenvalue weighted by Gasteiger charge is 2.32. The average molecular weight is 711 g/mol. The monoisotopic (exact) mass is 710 g/mol. The maximum atomic E-state index is 5.42. The lowest BCUT2D eigenvalue weighted by atomic mass is 9.94. The van der Waals surface area contributed by atoms with Crippen LogP contribution in [0.5, 0.6) is 0 Å². The van der Waals surface area contributed by atoms with Crippen LogP contribution in [0.3, 0.4) is 0 Å². The summed E-state index contributed by atoms with van der Waals surface area (Å²) < 4.78 is 6.13. The standard InChI is InChI=1S/C48H39BN6/c1-7-19-37(20-8-1)31-46-43(40-25-13-4-14-26-40)34-53(50-46)49(54-35-44(41-27-15-5-16-28-41)47(51-54)32-38-21-9-2-10-22-38)55-36-45(42-29-17-6-18-30-42)48(52-55)33-39-23-11-3-12-24-39/h1-30,34-36H,31-33H2. The SMILES string of the molecule is c1ccc(Cc2nn(B(n3cc(-c4ccccc4)c(Cc4ccccc4)n3)n3cc(-c4ccccc4)c(Cc4ccccc4)n3)cc2-c2ccccc2)cc1. The molecule has 0 bridgehead atoms. The largest absolute Gasteiger partial charge is 0.568 e. The zero-order valence-electron chi connectivity index (χ0n) is 30.4. The van der Waals surface area contributed by atoms with Crippen molar-refractivity contribution in [1.29, 1.82) is 0 Å². The Morgan fingerprint density at radius 2 is 0.545 bits per heavy atom. The van der Waals surface area contributed by atoms with Crippen molar-refractivity contribution in [3.8, 4) is 33.4 Å². The van der Waals surface area contributed by atoms with Crippen molar-refractivity contribution >= 4 is 7.12 Å². The first-order valence-electron chi connectivity index (χ1n) is 18.8. The molecule has 264 valence electrons. The number of hydrogen-bond acceptors (Lipinski definition) is 3. The summed E-state index contributed by atoms with van der Waals surface area (Å²) in [6, 6.07) is 63.3. The van der Waals surface area contributed by atoms with Gasteiger partial charge in [-0.05, 0) is 33.4 Å². The molecule has 6 nitrogen and oxygen atoms in total. The second-order valence-electron chi connectivity index (χ2n) is 13.8. The summed E-state index contributed by atoms with van der Waals surface area (Å²) in [7, 11) is -0.550. The first-order valence-corrected chi connectivity index (χ1v) is 18.8. The second-order valence-corrected chi connectivity index (χ2v) is 13.8. The van der Waals surface area contributed by atoms with Gasteiger partial charge in [-0.3, -0.25) is 13.8 Å². The molecule has 3 heterocycles. The van der Waals surface area contributed by atoms with Gasteiger partial charge in [0.05, 0.1) is 17.1 Å². The van der Waals surface area contributed by atoms with Gasteiger partial charge in [0.2, 0.25) is 0 Å². The Kier molecular flexibility index (Phi) is 9.56. The third-order valence-electron chi connectivity index (χ3n) is 10.0. The molecule has 0 unspecified atom stereocenters. The van der Waals surface area contributed by atoms with Crippen LogP contribution in [0, 0.1) is 0 Å². The van der Waals surface area contributed by atoms with Gasteiger partial charge in [0.15, 0.2) is 0 Å². The molecule has 0 aliphatic heterocycles. The van der Waals surface area contributed by atoms with Crippen LogP contribution in [0.4, 0.5) is 0 Å². The highest BCUT2D eigenvalue weighted by atomic mass is 15.4. The molecule has 0 aliphatic carbocycles. The summed E-state index contributed by atoms with van der Waals surface area (Å²) in [6.07, 6.45) is 8.56. The quantitative estimate of drug-likeness (QED) is 0.119. The van der Waals surface area contributed by atoms with E-state index < -0.39 is 7.12 Å². The van der Waals surface area contributed by atoms with Crippen LogP contribution in [0.1, 0.15) is 33.8 Å². The zero-order valence-corrected chi connectivity index (χ0v) is 30.4. The van der Waals surface area contributed by atoms with Crippen LogP contribution in [0.25, 0.3) is 33.4 Å². The van der Waals surface area contributed by atoms with E-state index >= 15 is 0 Å². The lowest BCUT2D eigenvalue weighted by Gasteiger charge is -2.14. The molecule has 0 saturated heterocycles. The van der Waals surface area contributed by atoms with E-state index in [4.69, 9.17) is 15.3 Å². The van der Waals surface area contributed by atoms with Gasteiger partial charge in [-0.2, -0.15) is 15.3 Å². The van der Waals surface area contributed by atoms with Crippen molar-refractivity contribution in [3.63, 3.8) is 0 Å². The minimum absolute atomic E-state index is 0.550. The maximum absolute atomic E-state index is 5.42. The Morgan fingerprint density at radius 3 is 0.800 bits per heavy atom. The number of benzene rings is 6. The lowest BCUT2D eigenvalue weighted by Crippen LogP contribution is -2.43. The van der Waals surface area contributed by atoms with Crippen LogP contribution in [0.15, 0.2) is 201 Å². The first kappa shape index (κ1) is 33.8. The van der Waals surface area contributed by atoms with Crippen LogP contribution < -0.4 is 0 Å². The fraction of sp³-hybridized carbons (Fsp3) is 0.0625. The summed E-state index contributed by atoms with van der Waals surface area (Å²) in [5, 5.41) is 16.3.